The van der Waals surface area contributed by atoms with Crippen LogP contribution in [-0.2, 0) is 0 Å². The Labute approximate surface area is 131 Å². The Balaban J connectivity index is 2.08. The Kier molecular flexibility index (Phi) is 3.77. The minimum atomic E-state index is -0.301. The predicted molar refractivity (Wildman–Crippen MR) is 85.6 cm³/mol. The molecule has 2 aromatic carbocycles. The smallest absolute Gasteiger partial charge is 0.123 e. The van der Waals surface area contributed by atoms with E-state index < -0.39 is 0 Å². The molecule has 0 radical (unpaired) electrons. The first-order chi connectivity index (χ1) is 10.6. The molecule has 0 bridgehead atoms. The molecule has 5 nitrogen and oxygen atoms in total. The summed E-state index contributed by atoms with van der Waals surface area (Å²) < 4.78 is 13.0. The van der Waals surface area contributed by atoms with Crippen molar-refractivity contribution in [1.82, 2.24) is 15.0 Å². The fourth-order valence-electron chi connectivity index (χ4n) is 2.05. The number of nitrogens with two attached hydrogens (primary N) is 1. The Morgan fingerprint density at radius 3 is 2.50 bits per heavy atom. The van der Waals surface area contributed by atoms with Crippen LogP contribution in [0.15, 0.2) is 41.4 Å². The van der Waals surface area contributed by atoms with Crippen molar-refractivity contribution in [2.24, 2.45) is 10.7 Å². The number of nitrogens with zero attached hydrogens (tertiary/aromatic N) is 4. The van der Waals surface area contributed by atoms with Crippen molar-refractivity contribution in [3.05, 3.63) is 47.8 Å². The molecule has 0 amide bonds. The molecule has 2 N–H and O–H groups in total. The molecule has 0 aliphatic rings. The average molecular weight is 318 g/mol. The number of halogens is 2. The maximum absolute atomic E-state index is 13.0. The van der Waals surface area contributed by atoms with Gasteiger partial charge < -0.3 is 5.73 Å². The van der Waals surface area contributed by atoms with Gasteiger partial charge in [-0.1, -0.05) is 0 Å². The van der Waals surface area contributed by atoms with Crippen LogP contribution in [0.25, 0.3) is 16.7 Å². The van der Waals surface area contributed by atoms with Gasteiger partial charge in [-0.3, -0.25) is 0 Å². The number of amidine groups is 1. The molecule has 3 aromatic rings. The molecule has 0 unspecified atom stereocenters. The van der Waals surface area contributed by atoms with Gasteiger partial charge in [0.1, 0.15) is 22.7 Å². The van der Waals surface area contributed by atoms with E-state index in [2.05, 4.69) is 15.2 Å². The number of aromatic nitrogens is 3. The van der Waals surface area contributed by atoms with Crippen molar-refractivity contribution in [2.45, 2.75) is 6.92 Å². The van der Waals surface area contributed by atoms with Gasteiger partial charge in [0.15, 0.2) is 0 Å². The Morgan fingerprint density at radius 1 is 1.23 bits per heavy atom. The lowest BCUT2D eigenvalue weighted by Gasteiger charge is -2.00. The van der Waals surface area contributed by atoms with Crippen molar-refractivity contribution in [2.75, 3.05) is 5.88 Å². The lowest BCUT2D eigenvalue weighted by atomic mass is 10.2. The summed E-state index contributed by atoms with van der Waals surface area (Å²) in [5.74, 6) is 0.208. The summed E-state index contributed by atoms with van der Waals surface area (Å²) in [6.07, 6.45) is 0. The first-order valence-corrected chi connectivity index (χ1v) is 7.13. The van der Waals surface area contributed by atoms with Crippen molar-refractivity contribution in [1.29, 1.82) is 0 Å². The van der Waals surface area contributed by atoms with E-state index in [1.54, 1.807) is 18.2 Å². The molecule has 0 saturated heterocycles. The number of alkyl halides is 1. The van der Waals surface area contributed by atoms with Gasteiger partial charge in [0.25, 0.3) is 0 Å². The van der Waals surface area contributed by atoms with E-state index in [1.165, 1.54) is 16.9 Å². The fraction of sp³-hybridized carbons (Fsp3) is 0.133. The highest BCUT2D eigenvalue weighted by Crippen LogP contribution is 2.24. The number of fused-ring (bicyclic) bond motifs is 1. The molecule has 112 valence electrons. The fourth-order valence-corrected chi connectivity index (χ4v) is 2.11. The maximum Gasteiger partial charge on any atom is 0.123 e. The molecule has 0 aliphatic heterocycles. The zero-order valence-electron chi connectivity index (χ0n) is 11.8. The van der Waals surface area contributed by atoms with Gasteiger partial charge in [-0.15, -0.1) is 21.8 Å². The number of benzene rings is 2. The zero-order valence-corrected chi connectivity index (χ0v) is 12.5. The van der Waals surface area contributed by atoms with Gasteiger partial charge in [0.05, 0.1) is 17.3 Å². The van der Waals surface area contributed by atoms with Crippen LogP contribution in [0, 0.1) is 12.7 Å². The molecule has 3 rings (SSSR count). The van der Waals surface area contributed by atoms with Crippen molar-refractivity contribution >= 4 is 34.2 Å². The van der Waals surface area contributed by atoms with E-state index in [-0.39, 0.29) is 11.7 Å². The molecule has 0 atom stereocenters. The molecule has 7 heteroatoms. The van der Waals surface area contributed by atoms with Gasteiger partial charge in [0, 0.05) is 0 Å². The third kappa shape index (κ3) is 2.78. The molecule has 0 aliphatic carbocycles. The zero-order chi connectivity index (χ0) is 15.7. The Hall–Kier alpha value is -2.47. The van der Waals surface area contributed by atoms with Gasteiger partial charge >= 0.3 is 0 Å². The number of aliphatic imine (C=N–C) groups is 1. The second-order valence-electron chi connectivity index (χ2n) is 4.83. The largest absolute Gasteiger partial charge is 0.386 e. The molecular formula is C15H13ClFN5. The van der Waals surface area contributed by atoms with Gasteiger partial charge in [-0.2, -0.15) is 4.80 Å². The van der Waals surface area contributed by atoms with Crippen molar-refractivity contribution in [3.63, 3.8) is 0 Å². The Morgan fingerprint density at radius 2 is 1.86 bits per heavy atom. The summed E-state index contributed by atoms with van der Waals surface area (Å²) in [5, 5.41) is 8.78. The van der Waals surface area contributed by atoms with E-state index in [0.717, 1.165) is 11.1 Å². The highest BCUT2D eigenvalue weighted by molar-refractivity contribution is 6.28. The minimum Gasteiger partial charge on any atom is -0.386 e. The first kappa shape index (κ1) is 14.5. The van der Waals surface area contributed by atoms with E-state index in [9.17, 15) is 4.39 Å². The maximum atomic E-state index is 13.0. The van der Waals surface area contributed by atoms with Crippen molar-refractivity contribution in [3.8, 4) is 5.69 Å². The minimum absolute atomic E-state index is 0.166. The number of aryl methyl sites for hydroxylation is 1. The van der Waals surface area contributed by atoms with Crippen molar-refractivity contribution < 1.29 is 4.39 Å². The van der Waals surface area contributed by atoms with Crippen LogP contribution in [0.5, 0.6) is 0 Å². The lowest BCUT2D eigenvalue weighted by molar-refractivity contribution is 0.626. The van der Waals surface area contributed by atoms with Crippen LogP contribution in [0.1, 0.15) is 5.56 Å². The van der Waals surface area contributed by atoms with Crippen LogP contribution in [-0.4, -0.2) is 26.7 Å². The lowest BCUT2D eigenvalue weighted by Crippen LogP contribution is -2.12. The molecule has 22 heavy (non-hydrogen) atoms. The highest BCUT2D eigenvalue weighted by atomic mass is 35.5. The molecule has 0 fully saturated rings. The van der Waals surface area contributed by atoms with Crippen LogP contribution >= 0.6 is 11.6 Å². The molecular weight excluding hydrogens is 305 g/mol. The second kappa shape index (κ2) is 5.73. The number of rotatable bonds is 3. The molecule has 0 spiro atoms. The summed E-state index contributed by atoms with van der Waals surface area (Å²) in [6.45, 7) is 1.91. The Bertz CT molecular complexity index is 854. The van der Waals surface area contributed by atoms with Crippen LogP contribution < -0.4 is 5.73 Å². The van der Waals surface area contributed by atoms with Crippen LogP contribution in [0.4, 0.5) is 10.1 Å². The third-order valence-corrected chi connectivity index (χ3v) is 3.43. The number of hydrogen-bond acceptors (Lipinski definition) is 3. The summed E-state index contributed by atoms with van der Waals surface area (Å²) in [6, 6.07) is 9.65. The predicted octanol–water partition coefficient (Wildman–Crippen LogP) is 3.10. The third-order valence-electron chi connectivity index (χ3n) is 3.16. The van der Waals surface area contributed by atoms with E-state index in [0.29, 0.717) is 22.7 Å². The standard InChI is InChI=1S/C15H13ClFN5/c1-9-6-13-14(7-12(9)19-15(18)8-16)21-22(20-13)11-4-2-10(17)3-5-11/h2-7H,8H2,1H3,(H2,18,19). The van der Waals surface area contributed by atoms with E-state index in [4.69, 9.17) is 17.3 Å². The summed E-state index contributed by atoms with van der Waals surface area (Å²) in [5.41, 5.74) is 9.38. The van der Waals surface area contributed by atoms with Crippen LogP contribution in [0.3, 0.4) is 0 Å². The number of hydrogen-bond donors (Lipinski definition) is 1. The highest BCUT2D eigenvalue weighted by Gasteiger charge is 2.08. The van der Waals surface area contributed by atoms with Gasteiger partial charge in [-0.05, 0) is 48.9 Å². The first-order valence-electron chi connectivity index (χ1n) is 6.59. The second-order valence-corrected chi connectivity index (χ2v) is 5.10. The normalized spacial score (nSPS) is 12.0. The molecule has 0 saturated carbocycles. The monoisotopic (exact) mass is 317 g/mol. The summed E-state index contributed by atoms with van der Waals surface area (Å²) >= 11 is 5.65. The van der Waals surface area contributed by atoms with E-state index in [1.807, 2.05) is 13.0 Å². The summed E-state index contributed by atoms with van der Waals surface area (Å²) in [4.78, 5) is 5.72. The quantitative estimate of drug-likeness (QED) is 0.458. The summed E-state index contributed by atoms with van der Waals surface area (Å²) in [7, 11) is 0. The topological polar surface area (TPSA) is 69.1 Å². The molecule has 1 aromatic heterocycles. The van der Waals surface area contributed by atoms with Gasteiger partial charge in [0.2, 0.25) is 0 Å². The average Bonchev–Trinajstić information content (AvgIpc) is 2.90. The SMILES string of the molecule is Cc1cc2nn(-c3ccc(F)cc3)nc2cc1N=C(N)CCl. The molecule has 1 heterocycles. The van der Waals surface area contributed by atoms with E-state index >= 15 is 0 Å². The van der Waals surface area contributed by atoms with Gasteiger partial charge in [-0.25, -0.2) is 9.38 Å². The van der Waals surface area contributed by atoms with Crippen LogP contribution in [0.2, 0.25) is 0 Å².